The Morgan fingerprint density at radius 1 is 1.82 bits per heavy atom. The minimum absolute atomic E-state index is 0.185. The molecule has 0 heterocycles. The van der Waals surface area contributed by atoms with Gasteiger partial charge < -0.3 is 15.4 Å². The van der Waals surface area contributed by atoms with Crippen LogP contribution in [0.3, 0.4) is 0 Å². The summed E-state index contributed by atoms with van der Waals surface area (Å²) < 4.78 is 4.47. The summed E-state index contributed by atoms with van der Waals surface area (Å²) in [7, 11) is 0. The maximum Gasteiger partial charge on any atom is 0.419 e. The fraction of sp³-hybridized carbons (Fsp3) is 0.667. The van der Waals surface area contributed by atoms with Crippen LogP contribution in [0.2, 0.25) is 0 Å². The third-order valence-corrected chi connectivity index (χ3v) is 0.988. The van der Waals surface area contributed by atoms with Crippen molar-refractivity contribution in [1.82, 2.24) is 0 Å². The molecule has 5 heteroatoms. The zero-order valence-electron chi connectivity index (χ0n) is 6.44. The van der Waals surface area contributed by atoms with Gasteiger partial charge in [-0.25, -0.2) is 4.79 Å². The average Bonchev–Trinajstić information content (AvgIpc) is 1.88. The summed E-state index contributed by atoms with van der Waals surface area (Å²) in [4.78, 5) is 13.3. The van der Waals surface area contributed by atoms with Crippen LogP contribution in [0.5, 0.6) is 0 Å². The van der Waals surface area contributed by atoms with Crippen LogP contribution in [0.15, 0.2) is 0 Å². The first-order valence-electron chi connectivity index (χ1n) is 3.20. The lowest BCUT2D eigenvalue weighted by atomic mass is 10.2. The molecule has 0 aliphatic rings. The van der Waals surface area contributed by atoms with Crippen molar-refractivity contribution < 1.29 is 19.4 Å². The van der Waals surface area contributed by atoms with Gasteiger partial charge in [-0.15, -0.1) is 0 Å². The molecule has 0 aliphatic carbocycles. The largest absolute Gasteiger partial charge is 0.457 e. The van der Waals surface area contributed by atoms with Gasteiger partial charge in [-0.1, -0.05) is 0 Å². The van der Waals surface area contributed by atoms with Crippen LogP contribution in [0.4, 0.5) is 0 Å². The third kappa shape index (κ3) is 2.93. The van der Waals surface area contributed by atoms with E-state index < -0.39 is 12.1 Å². The van der Waals surface area contributed by atoms with E-state index in [1.54, 1.807) is 6.92 Å². The fourth-order valence-corrected chi connectivity index (χ4v) is 0.500. The Bertz CT molecular complexity index is 194. The summed E-state index contributed by atoms with van der Waals surface area (Å²) in [6.07, 6.45) is -1.11. The number of hydrogen-bond acceptors (Lipinski definition) is 3. The number of nitrogens with zero attached hydrogens (tertiary/aromatic N) is 2. The molecule has 1 atom stereocenters. The number of hydrogen-bond donors (Lipinski definition) is 1. The van der Waals surface area contributed by atoms with Crippen molar-refractivity contribution in [2.45, 2.75) is 20.0 Å². The molecule has 0 amide bonds. The molecule has 5 nitrogen and oxygen atoms in total. The topological polar surface area (TPSA) is 82.9 Å². The Hall–Kier alpha value is -1.19. The monoisotopic (exact) mass is 158 g/mol. The highest BCUT2D eigenvalue weighted by atomic mass is 16.5. The summed E-state index contributed by atoms with van der Waals surface area (Å²) >= 11 is 0. The molecular formula is C6H10N2O3. The Kier molecular flexibility index (Phi) is 4.10. The lowest BCUT2D eigenvalue weighted by molar-refractivity contribution is -0.141. The lowest BCUT2D eigenvalue weighted by Crippen LogP contribution is -2.28. The molecule has 1 N–H and O–H groups in total. The van der Waals surface area contributed by atoms with Crippen LogP contribution in [0.25, 0.3) is 5.53 Å². The highest BCUT2D eigenvalue weighted by Gasteiger charge is 2.26. The Morgan fingerprint density at radius 2 is 2.36 bits per heavy atom. The van der Waals surface area contributed by atoms with Gasteiger partial charge in [-0.05, 0) is 13.8 Å². The average molecular weight is 158 g/mol. The summed E-state index contributed by atoms with van der Waals surface area (Å²) in [5.74, 6) is -0.801. The van der Waals surface area contributed by atoms with Crippen LogP contribution in [0.1, 0.15) is 13.8 Å². The van der Waals surface area contributed by atoms with Gasteiger partial charge in [0.25, 0.3) is 0 Å². The van der Waals surface area contributed by atoms with Gasteiger partial charge in [0.05, 0.1) is 6.61 Å². The molecule has 0 fully saturated rings. The van der Waals surface area contributed by atoms with Crippen LogP contribution in [-0.4, -0.2) is 34.3 Å². The molecule has 0 aromatic rings. The quantitative estimate of drug-likeness (QED) is 0.262. The second-order valence-electron chi connectivity index (χ2n) is 1.88. The van der Waals surface area contributed by atoms with Crippen molar-refractivity contribution in [2.24, 2.45) is 0 Å². The molecule has 0 saturated heterocycles. The summed E-state index contributed by atoms with van der Waals surface area (Å²) in [6.45, 7) is 3.12. The molecule has 0 bridgehead atoms. The van der Waals surface area contributed by atoms with Gasteiger partial charge >= 0.3 is 11.7 Å². The number of aliphatic hydroxyl groups excluding tert-OH is 1. The SMILES string of the molecule is CCOC(=O)C(=[N+]=[N-])[C@@H](C)O. The Labute approximate surface area is 64.2 Å². The highest BCUT2D eigenvalue weighted by Crippen LogP contribution is 1.87. The Morgan fingerprint density at radius 3 is 2.64 bits per heavy atom. The van der Waals surface area contributed by atoms with Crippen LogP contribution < -0.4 is 0 Å². The fourth-order valence-electron chi connectivity index (χ4n) is 0.500. The zero-order valence-corrected chi connectivity index (χ0v) is 6.44. The normalized spacial score (nSPS) is 11.5. The van der Waals surface area contributed by atoms with Crippen molar-refractivity contribution in [2.75, 3.05) is 6.61 Å². The van der Waals surface area contributed by atoms with E-state index >= 15 is 0 Å². The summed E-state index contributed by atoms with van der Waals surface area (Å²) in [5.41, 5.74) is 7.84. The van der Waals surface area contributed by atoms with E-state index in [9.17, 15) is 4.79 Å². The van der Waals surface area contributed by atoms with Gasteiger partial charge in [-0.3, -0.25) is 0 Å². The van der Waals surface area contributed by atoms with E-state index in [-0.39, 0.29) is 12.3 Å². The van der Waals surface area contributed by atoms with E-state index in [1.807, 2.05) is 0 Å². The molecule has 0 spiro atoms. The minimum atomic E-state index is -1.11. The second-order valence-corrected chi connectivity index (χ2v) is 1.88. The first-order valence-corrected chi connectivity index (χ1v) is 3.20. The van der Waals surface area contributed by atoms with E-state index in [0.717, 1.165) is 0 Å². The predicted molar refractivity (Wildman–Crippen MR) is 36.9 cm³/mol. The standard InChI is InChI=1S/C6H10N2O3/c1-3-11-6(10)5(8-7)4(2)9/h4,9H,3H2,1-2H3/t4-/m1/s1. The van der Waals surface area contributed by atoms with Crippen LogP contribution in [-0.2, 0) is 9.53 Å². The van der Waals surface area contributed by atoms with Gasteiger partial charge in [0.2, 0.25) is 0 Å². The second kappa shape index (κ2) is 4.60. The molecule has 0 rings (SSSR count). The summed E-state index contributed by atoms with van der Waals surface area (Å²) in [5, 5.41) is 8.82. The van der Waals surface area contributed by atoms with E-state index in [0.29, 0.717) is 0 Å². The zero-order chi connectivity index (χ0) is 8.85. The molecule has 0 radical (unpaired) electrons. The first kappa shape index (κ1) is 9.81. The van der Waals surface area contributed by atoms with Crippen LogP contribution >= 0.6 is 0 Å². The molecular weight excluding hydrogens is 148 g/mol. The molecule has 62 valence electrons. The third-order valence-electron chi connectivity index (χ3n) is 0.988. The van der Waals surface area contributed by atoms with E-state index in [2.05, 4.69) is 9.53 Å². The van der Waals surface area contributed by atoms with Crippen molar-refractivity contribution in [1.29, 1.82) is 0 Å². The molecule has 0 aromatic heterocycles. The van der Waals surface area contributed by atoms with Crippen molar-refractivity contribution in [3.63, 3.8) is 0 Å². The van der Waals surface area contributed by atoms with Crippen molar-refractivity contribution >= 4 is 11.7 Å². The molecule has 0 aromatic carbocycles. The van der Waals surface area contributed by atoms with Gasteiger partial charge in [0, 0.05) is 0 Å². The number of rotatable bonds is 3. The van der Waals surface area contributed by atoms with Crippen molar-refractivity contribution in [3.8, 4) is 0 Å². The van der Waals surface area contributed by atoms with Gasteiger partial charge in [-0.2, -0.15) is 4.79 Å². The van der Waals surface area contributed by atoms with Gasteiger partial charge in [0.1, 0.15) is 0 Å². The molecule has 0 aliphatic heterocycles. The van der Waals surface area contributed by atoms with E-state index in [4.69, 9.17) is 10.6 Å². The molecule has 0 saturated carbocycles. The van der Waals surface area contributed by atoms with Crippen molar-refractivity contribution in [3.05, 3.63) is 5.53 Å². The maximum atomic E-state index is 10.7. The summed E-state index contributed by atoms with van der Waals surface area (Å²) in [6, 6.07) is 0. The predicted octanol–water partition coefficient (Wildman–Crippen LogP) is -0.399. The van der Waals surface area contributed by atoms with Gasteiger partial charge in [0.15, 0.2) is 6.10 Å². The molecule has 11 heavy (non-hydrogen) atoms. The number of esters is 1. The molecule has 0 unspecified atom stereocenters. The smallest absolute Gasteiger partial charge is 0.419 e. The van der Waals surface area contributed by atoms with Crippen LogP contribution in [0, 0.1) is 0 Å². The maximum absolute atomic E-state index is 10.7. The first-order chi connectivity index (χ1) is 5.13. The highest BCUT2D eigenvalue weighted by molar-refractivity contribution is 6.35. The Balaban J connectivity index is 4.29. The number of carbonyl (C=O) groups is 1. The number of aliphatic hydroxyl groups is 1. The lowest BCUT2D eigenvalue weighted by Gasteiger charge is -1.97. The van der Waals surface area contributed by atoms with E-state index in [1.165, 1.54) is 6.92 Å². The number of ether oxygens (including phenoxy) is 1. The number of carbonyl (C=O) groups excluding carboxylic acids is 1. The minimum Gasteiger partial charge on any atom is -0.457 e.